The molecule has 0 heterocycles. The van der Waals surface area contributed by atoms with E-state index in [0.29, 0.717) is 0 Å². The van der Waals surface area contributed by atoms with Crippen molar-refractivity contribution in [3.8, 4) is 0 Å². The van der Waals surface area contributed by atoms with E-state index in [1.54, 1.807) is 0 Å². The van der Waals surface area contributed by atoms with Gasteiger partial charge in [-0.2, -0.15) is 0 Å². The molecule has 0 saturated carbocycles. The van der Waals surface area contributed by atoms with E-state index in [1.165, 1.54) is 0 Å². The molecular weight excluding hydrogens is 130 g/mol. The first-order valence-electron chi connectivity index (χ1n) is 1.10. The van der Waals surface area contributed by atoms with Crippen LogP contribution in [0, 0.1) is 5.76 Å². The van der Waals surface area contributed by atoms with E-state index >= 15 is 0 Å². The van der Waals surface area contributed by atoms with Gasteiger partial charge in [-0.1, -0.05) is 0 Å². The normalized spacial score (nSPS) is 11.3. The molecule has 0 rings (SSSR count). The van der Waals surface area contributed by atoms with Gasteiger partial charge in [-0.05, 0) is 0 Å². The van der Waals surface area contributed by atoms with E-state index in [2.05, 4.69) is 0 Å². The minimum atomic E-state index is -5.16. The topological polar surface area (TPSA) is 54.4 Å². The summed E-state index contributed by atoms with van der Waals surface area (Å²) < 4.78 is 46.7. The van der Waals surface area contributed by atoms with Crippen molar-refractivity contribution in [3.63, 3.8) is 0 Å². The summed E-state index contributed by atoms with van der Waals surface area (Å²) in [6.45, 7) is 0. The maximum Gasteiger partial charge on any atom is 0.654 e. The molecule has 7 heavy (non-hydrogen) atoms. The highest BCUT2D eigenvalue weighted by atomic mass is 32.2. The highest BCUT2D eigenvalue weighted by Gasteiger charge is 2.40. The molecule has 0 bridgehead atoms. The van der Waals surface area contributed by atoms with Crippen molar-refractivity contribution in [3.05, 3.63) is 5.76 Å². The molecule has 0 aliphatic heterocycles. The lowest BCUT2D eigenvalue weighted by molar-refractivity contribution is 0.327. The van der Waals surface area contributed by atoms with Crippen LogP contribution in [0.2, 0.25) is 0 Å². The number of hydrogen-bond donors (Lipinski definition) is 1. The molecule has 0 aromatic heterocycles. The molecule has 0 amide bonds. The molecule has 1 N–H and O–H groups in total. The molecule has 0 aromatic rings. The minimum Gasteiger partial charge on any atom is -0.244 e. The third kappa shape index (κ3) is 2.35. The molecule has 0 saturated heterocycles. The van der Waals surface area contributed by atoms with Gasteiger partial charge in [-0.3, -0.25) is 0 Å². The second kappa shape index (κ2) is 1.63. The first-order chi connectivity index (χ1) is 2.94. The number of halogens is 2. The Labute approximate surface area is 38.7 Å². The van der Waals surface area contributed by atoms with Crippen molar-refractivity contribution in [2.45, 2.75) is 0 Å². The van der Waals surface area contributed by atoms with E-state index in [0.717, 1.165) is 0 Å². The van der Waals surface area contributed by atoms with Gasteiger partial charge < -0.3 is 0 Å². The molecule has 0 spiro atoms. The Morgan fingerprint density at radius 3 is 1.57 bits per heavy atom. The molecule has 6 heteroatoms. The van der Waals surface area contributed by atoms with Gasteiger partial charge >= 0.3 is 15.9 Å². The Morgan fingerprint density at radius 1 is 1.43 bits per heavy atom. The summed E-state index contributed by atoms with van der Waals surface area (Å²) >= 11 is 0. The molecule has 0 aromatic carbocycles. The monoisotopic (exact) mass is 131 g/mol. The summed E-state index contributed by atoms with van der Waals surface area (Å²) in [7, 11) is -5.16. The SMILES string of the molecule is O=S(=O)(O)[C+](F)F. The Balaban J connectivity index is 4.10. The third-order valence-electron chi connectivity index (χ3n) is 0.195. The maximum absolute atomic E-state index is 10.6. The molecule has 42 valence electrons. The van der Waals surface area contributed by atoms with Crippen LogP contribution in [0.5, 0.6) is 0 Å². The lowest BCUT2D eigenvalue weighted by Crippen LogP contribution is -1.99. The Morgan fingerprint density at radius 2 is 1.57 bits per heavy atom. The number of rotatable bonds is 1. The van der Waals surface area contributed by atoms with Crippen LogP contribution < -0.4 is 0 Å². The van der Waals surface area contributed by atoms with Crippen molar-refractivity contribution in [2.75, 3.05) is 0 Å². The van der Waals surface area contributed by atoms with Crippen molar-refractivity contribution >= 4 is 10.1 Å². The average molecular weight is 131 g/mol. The first-order valence-corrected chi connectivity index (χ1v) is 2.54. The van der Waals surface area contributed by atoms with Gasteiger partial charge in [0.15, 0.2) is 0 Å². The van der Waals surface area contributed by atoms with Crippen LogP contribution in [-0.2, 0) is 10.1 Å². The van der Waals surface area contributed by atoms with E-state index in [4.69, 9.17) is 13.0 Å². The average Bonchev–Trinajstić information content (AvgIpc) is 1.31. The van der Waals surface area contributed by atoms with Gasteiger partial charge in [0.2, 0.25) is 0 Å². The van der Waals surface area contributed by atoms with Crippen LogP contribution in [0.3, 0.4) is 0 Å². The van der Waals surface area contributed by atoms with Crippen LogP contribution in [0.25, 0.3) is 0 Å². The van der Waals surface area contributed by atoms with Gasteiger partial charge in [-0.15, -0.1) is 8.42 Å². The zero-order chi connectivity index (χ0) is 6.08. The lowest BCUT2D eigenvalue weighted by atomic mass is 11.7. The minimum absolute atomic E-state index is 2.98. The molecule has 0 fully saturated rings. The second-order valence-corrected chi connectivity index (χ2v) is 1.96. The molecule has 0 atom stereocenters. The van der Waals surface area contributed by atoms with Crippen LogP contribution in [-0.4, -0.2) is 13.0 Å². The molecule has 0 aliphatic carbocycles. The van der Waals surface area contributed by atoms with Gasteiger partial charge in [0, 0.05) is 0 Å². The summed E-state index contributed by atoms with van der Waals surface area (Å²) in [6.07, 6.45) is 0. The Hall–Kier alpha value is -0.360. The fourth-order valence-corrected chi connectivity index (χ4v) is 0. The zero-order valence-corrected chi connectivity index (χ0v) is 3.74. The molecule has 0 radical (unpaired) electrons. The van der Waals surface area contributed by atoms with Crippen molar-refractivity contribution in [1.82, 2.24) is 0 Å². The van der Waals surface area contributed by atoms with Gasteiger partial charge in [0.1, 0.15) is 0 Å². The van der Waals surface area contributed by atoms with E-state index in [1.807, 2.05) is 0 Å². The van der Waals surface area contributed by atoms with Crippen molar-refractivity contribution in [2.24, 2.45) is 0 Å². The third-order valence-corrected chi connectivity index (χ3v) is 0.585. The van der Waals surface area contributed by atoms with E-state index in [-0.39, 0.29) is 0 Å². The predicted octanol–water partition coefficient (Wildman–Crippen LogP) is 0.260. The summed E-state index contributed by atoms with van der Waals surface area (Å²) in [6, 6.07) is 0. The van der Waals surface area contributed by atoms with Gasteiger partial charge in [0.05, 0.1) is 8.78 Å². The molecule has 0 aliphatic rings. The zero-order valence-electron chi connectivity index (χ0n) is 2.93. The molecule has 3 nitrogen and oxygen atoms in total. The Kier molecular flexibility index (Phi) is 1.54. The van der Waals surface area contributed by atoms with E-state index in [9.17, 15) is 8.78 Å². The van der Waals surface area contributed by atoms with E-state index < -0.39 is 15.9 Å². The standard InChI is InChI=1S/CF2O3S/c2-1(3)7(4,5)6/p+1. The van der Waals surface area contributed by atoms with Gasteiger partial charge in [0.25, 0.3) is 0 Å². The number of hydrogen-bond acceptors (Lipinski definition) is 2. The predicted molar refractivity (Wildman–Crippen MR) is 17.0 cm³/mol. The van der Waals surface area contributed by atoms with Crippen LogP contribution in [0.4, 0.5) is 8.78 Å². The summed E-state index contributed by atoms with van der Waals surface area (Å²) in [5.41, 5.74) is 0. The van der Waals surface area contributed by atoms with Crippen molar-refractivity contribution in [1.29, 1.82) is 0 Å². The second-order valence-electron chi connectivity index (χ2n) is 0.701. The van der Waals surface area contributed by atoms with Crippen LogP contribution in [0.15, 0.2) is 0 Å². The Bertz CT molecular complexity index is 135. The first kappa shape index (κ1) is 6.64. The van der Waals surface area contributed by atoms with Crippen LogP contribution in [0.1, 0.15) is 0 Å². The summed E-state index contributed by atoms with van der Waals surface area (Å²) in [5.74, 6) is -2.98. The maximum atomic E-state index is 10.6. The highest BCUT2D eigenvalue weighted by Crippen LogP contribution is 2.09. The quantitative estimate of drug-likeness (QED) is 0.410. The molecular formula is CHF2O3S+. The fourth-order valence-electron chi connectivity index (χ4n) is 0. The van der Waals surface area contributed by atoms with Crippen molar-refractivity contribution < 1.29 is 21.8 Å². The smallest absolute Gasteiger partial charge is 0.244 e. The summed E-state index contributed by atoms with van der Waals surface area (Å²) in [5, 5.41) is 0. The lowest BCUT2D eigenvalue weighted by Gasteiger charge is -1.68. The largest absolute Gasteiger partial charge is 0.654 e. The highest BCUT2D eigenvalue weighted by molar-refractivity contribution is 7.88. The van der Waals surface area contributed by atoms with Gasteiger partial charge in [-0.25, -0.2) is 4.55 Å². The fraction of sp³-hybridized carbons (Fsp3) is 0. The summed E-state index contributed by atoms with van der Waals surface area (Å²) in [4.78, 5) is 0. The van der Waals surface area contributed by atoms with Crippen LogP contribution >= 0.6 is 0 Å². The molecule has 0 unspecified atom stereocenters.